The maximum Gasteiger partial charge on any atom is 0.306 e. The lowest BCUT2D eigenvalue weighted by atomic mass is 9.81. The van der Waals surface area contributed by atoms with Gasteiger partial charge >= 0.3 is 23.9 Å². The van der Waals surface area contributed by atoms with Gasteiger partial charge in [-0.25, -0.2) is 0 Å². The first kappa shape index (κ1) is 66.0. The van der Waals surface area contributed by atoms with E-state index in [1.54, 1.807) is 7.11 Å². The molecule has 0 radical (unpaired) electrons. The van der Waals surface area contributed by atoms with Gasteiger partial charge in [0.25, 0.3) is 6.47 Å². The summed E-state index contributed by atoms with van der Waals surface area (Å²) in [5, 5.41) is 2.21. The zero-order valence-corrected chi connectivity index (χ0v) is 45.7. The van der Waals surface area contributed by atoms with Gasteiger partial charge < -0.3 is 49.2 Å². The molecule has 416 valence electrons. The van der Waals surface area contributed by atoms with E-state index < -0.39 is 18.2 Å². The molecule has 0 bridgehead atoms. The molecule has 0 heterocycles. The van der Waals surface area contributed by atoms with Crippen molar-refractivity contribution in [3.05, 3.63) is 12.4 Å². The molecule has 0 aromatic heterocycles. The van der Waals surface area contributed by atoms with Crippen molar-refractivity contribution in [1.82, 2.24) is 10.2 Å². The fraction of sp³-hybridized carbons (Fsp3) is 0.839. The predicted octanol–water partition coefficient (Wildman–Crippen LogP) is 9.43. The molecule has 0 saturated heterocycles. The van der Waals surface area contributed by atoms with Gasteiger partial charge in [-0.1, -0.05) is 105 Å². The van der Waals surface area contributed by atoms with E-state index in [-0.39, 0.29) is 57.2 Å². The Morgan fingerprint density at radius 1 is 0.583 bits per heavy atom. The molecule has 3 N–H and O–H groups in total. The van der Waals surface area contributed by atoms with Crippen LogP contribution in [-0.2, 0) is 62.0 Å². The van der Waals surface area contributed by atoms with Crippen LogP contribution in [0.3, 0.4) is 0 Å². The summed E-state index contributed by atoms with van der Waals surface area (Å²) in [7, 11) is 3.49. The van der Waals surface area contributed by atoms with Gasteiger partial charge in [0.15, 0.2) is 6.10 Å². The number of carbonyl (C=O) groups excluding carboxylic acids is 7. The number of hydrogen-bond acceptors (Lipinski definition) is 15. The lowest BCUT2D eigenvalue weighted by molar-refractivity contribution is -0.164. The Labute approximate surface area is 434 Å². The first-order valence-corrected chi connectivity index (χ1v) is 27.6. The second-order valence-electron chi connectivity index (χ2n) is 21.3. The highest BCUT2D eigenvalue weighted by Gasteiger charge is 2.26. The largest absolute Gasteiger partial charge is 0.464 e. The molecule has 1 atom stereocenters. The van der Waals surface area contributed by atoms with Crippen molar-refractivity contribution in [1.29, 1.82) is 0 Å². The van der Waals surface area contributed by atoms with Crippen LogP contribution in [0.4, 0.5) is 0 Å². The summed E-state index contributed by atoms with van der Waals surface area (Å²) in [6.45, 7) is 13.3. The van der Waals surface area contributed by atoms with Gasteiger partial charge in [-0.05, 0) is 119 Å². The summed E-state index contributed by atoms with van der Waals surface area (Å²) in [6, 6.07) is 0. The Morgan fingerprint density at radius 3 is 1.33 bits per heavy atom. The van der Waals surface area contributed by atoms with Crippen molar-refractivity contribution < 1.29 is 62.0 Å². The first-order valence-electron chi connectivity index (χ1n) is 27.6. The number of aldehydes is 1. The quantitative estimate of drug-likeness (QED) is 0.0323. The molecule has 16 nitrogen and oxygen atoms in total. The lowest BCUT2D eigenvalue weighted by Gasteiger charge is -2.26. The molecule has 4 saturated carbocycles. The van der Waals surface area contributed by atoms with Crippen molar-refractivity contribution >= 4 is 43.0 Å². The van der Waals surface area contributed by atoms with Crippen LogP contribution in [0.25, 0.3) is 0 Å². The molecule has 1 unspecified atom stereocenters. The Bertz CT molecular complexity index is 1430. The van der Waals surface area contributed by atoms with Gasteiger partial charge in [-0.2, -0.15) is 0 Å². The second kappa shape index (κ2) is 42.3. The fourth-order valence-corrected chi connectivity index (χ4v) is 9.61. The number of rotatable bonds is 28. The summed E-state index contributed by atoms with van der Waals surface area (Å²) < 4.78 is 31.3. The molecule has 4 fully saturated rings. The van der Waals surface area contributed by atoms with Crippen LogP contribution >= 0.6 is 0 Å². The highest BCUT2D eigenvalue weighted by molar-refractivity contribution is 5.71. The van der Waals surface area contributed by atoms with E-state index in [0.717, 1.165) is 100 Å². The van der Waals surface area contributed by atoms with Gasteiger partial charge in [-0.15, -0.1) is 0 Å². The molecule has 4 aliphatic rings. The number of amides is 1. The van der Waals surface area contributed by atoms with Crippen LogP contribution in [0.5, 0.6) is 0 Å². The molecule has 1 amide bonds. The average Bonchev–Trinajstić information content (AvgIpc) is 3.37. The summed E-state index contributed by atoms with van der Waals surface area (Å²) >= 11 is 0. The molecule has 0 spiro atoms. The van der Waals surface area contributed by atoms with Crippen molar-refractivity contribution in [3.63, 3.8) is 0 Å². The molecule has 0 aromatic carbocycles. The number of esters is 4. The maximum atomic E-state index is 12.1. The monoisotopic (exact) mass is 1020 g/mol. The molecular formula is C56H99N3O13. The highest BCUT2D eigenvalue weighted by atomic mass is 16.6. The van der Waals surface area contributed by atoms with Crippen LogP contribution < -0.4 is 11.1 Å². The number of carbonyl (C=O) groups is 7. The predicted molar refractivity (Wildman–Crippen MR) is 279 cm³/mol. The Hall–Kier alpha value is -4.05. The highest BCUT2D eigenvalue weighted by Crippen LogP contribution is 2.33. The smallest absolute Gasteiger partial charge is 0.306 e. The molecule has 0 aromatic rings. The van der Waals surface area contributed by atoms with Gasteiger partial charge in [-0.3, -0.25) is 28.8 Å². The lowest BCUT2D eigenvalue weighted by Crippen LogP contribution is -2.30. The molecule has 72 heavy (non-hydrogen) atoms. The van der Waals surface area contributed by atoms with Gasteiger partial charge in [0.2, 0.25) is 6.41 Å². The normalized spacial score (nSPS) is 24.7. The third kappa shape index (κ3) is 35.2. The molecular weight excluding hydrogens is 923 g/mol. The number of nitrogens with zero attached hydrogens (tertiary/aromatic N) is 1. The second-order valence-corrected chi connectivity index (χ2v) is 21.3. The van der Waals surface area contributed by atoms with E-state index in [0.29, 0.717) is 62.8 Å². The zero-order valence-electron chi connectivity index (χ0n) is 45.7. The van der Waals surface area contributed by atoms with Gasteiger partial charge in [0, 0.05) is 51.6 Å². The summed E-state index contributed by atoms with van der Waals surface area (Å²) in [5.41, 5.74) is 4.81. The minimum absolute atomic E-state index is 0.118. The standard InChI is InChI=1S/C22H37NO7.C22H38O5.C9H18.C3H6N2O/c1-18-7-9-19(10-8-18)14-22(27)29-16-20(15-28-17-25)30-21(26)6-5-12-23(2)11-3-4-13-24;1-16-4-8-18(9-5-16)12-21(23)26-14-20(25-3)15-27-22(24)13-19-10-6-17(2)7-11-19;1-3-9-6-4-8(2)5-7-9;4-1-2-5-3-6/h13,17-20H,3-12,14-16H2,1-2H3;16-20H,4-15H2,1-3H3;8-9H,3-7H2,1-2H3;1-3H,4H2,(H,5,6)/b;;;2-1-. The first-order chi connectivity index (χ1) is 34.6. The number of methoxy groups -OCH3 is 1. The SMILES string of the molecule is CC1CCC(CC(=O)OCC(COC=O)OC(=O)CCCN(C)CCCC=O)CC1.CCC1CCC(C)CC1.COC(COC(=O)CC1CCC(C)CC1)COC(=O)CC1CCC(C)CC1.N/C=C\NC=O. The summed E-state index contributed by atoms with van der Waals surface area (Å²) in [4.78, 5) is 80.5. The van der Waals surface area contributed by atoms with Crippen molar-refractivity contribution in [2.24, 2.45) is 53.1 Å². The topological polar surface area (TPSA) is 216 Å². The fourth-order valence-electron chi connectivity index (χ4n) is 9.61. The maximum absolute atomic E-state index is 12.1. The van der Waals surface area contributed by atoms with Crippen molar-refractivity contribution in [3.8, 4) is 0 Å². The van der Waals surface area contributed by atoms with E-state index in [1.165, 1.54) is 70.2 Å². The number of hydrogen-bond donors (Lipinski definition) is 2. The third-order valence-electron chi connectivity index (χ3n) is 14.8. The molecule has 4 rings (SSSR count). The van der Waals surface area contributed by atoms with E-state index in [9.17, 15) is 33.6 Å². The summed E-state index contributed by atoms with van der Waals surface area (Å²) in [6.07, 6.45) is 27.3. The third-order valence-corrected chi connectivity index (χ3v) is 14.8. The van der Waals surface area contributed by atoms with Crippen LogP contribution in [0.15, 0.2) is 12.4 Å². The average molecular weight is 1020 g/mol. The van der Waals surface area contributed by atoms with Gasteiger partial charge in [0.05, 0.1) is 0 Å². The van der Waals surface area contributed by atoms with Crippen LogP contribution in [0, 0.1) is 47.3 Å². The van der Waals surface area contributed by atoms with Crippen molar-refractivity contribution in [2.45, 2.75) is 201 Å². The van der Waals surface area contributed by atoms with E-state index in [1.807, 2.05) is 7.05 Å². The van der Waals surface area contributed by atoms with Crippen LogP contribution in [0.1, 0.15) is 189 Å². The van der Waals surface area contributed by atoms with E-state index in [4.69, 9.17) is 34.2 Å². The van der Waals surface area contributed by atoms with E-state index in [2.05, 4.69) is 44.8 Å². The van der Waals surface area contributed by atoms with Gasteiger partial charge in [0.1, 0.15) is 38.8 Å². The van der Waals surface area contributed by atoms with Crippen molar-refractivity contribution in [2.75, 3.05) is 53.7 Å². The Kier molecular flexibility index (Phi) is 38.8. The zero-order chi connectivity index (χ0) is 53.4. The van der Waals surface area contributed by atoms with Crippen LogP contribution in [-0.4, -0.2) is 114 Å². The Morgan fingerprint density at radius 2 is 0.986 bits per heavy atom. The minimum Gasteiger partial charge on any atom is -0.464 e. The Balaban J connectivity index is 0.000000560. The number of nitrogens with one attached hydrogen (secondary N) is 1. The number of ether oxygens (including phenoxy) is 6. The van der Waals surface area contributed by atoms with E-state index >= 15 is 0 Å². The molecule has 0 aliphatic heterocycles. The number of unbranched alkanes of at least 4 members (excludes halogenated alkanes) is 1. The van der Waals surface area contributed by atoms with Crippen LogP contribution in [0.2, 0.25) is 0 Å². The molecule has 4 aliphatic carbocycles. The molecule has 16 heteroatoms. The summed E-state index contributed by atoms with van der Waals surface area (Å²) in [5.74, 6) is 4.56. The minimum atomic E-state index is -0.802. The number of nitrogens with two attached hydrogens (primary N) is 1.